The summed E-state index contributed by atoms with van der Waals surface area (Å²) in [6.07, 6.45) is 2.44. The highest BCUT2D eigenvalue weighted by molar-refractivity contribution is 6.81. The van der Waals surface area contributed by atoms with Gasteiger partial charge in [0, 0.05) is 19.4 Å². The van der Waals surface area contributed by atoms with Crippen LogP contribution in [-0.2, 0) is 8.85 Å². The lowest BCUT2D eigenvalue weighted by Gasteiger charge is -2.29. The molecule has 0 saturated heterocycles. The Bertz CT molecular complexity index is 298. The Morgan fingerprint density at radius 3 is 1.94 bits per heavy atom. The highest BCUT2D eigenvalue weighted by atomic mass is 28.4. The fraction of sp³-hybridized carbons (Fsp3) is 0.538. The van der Waals surface area contributed by atoms with Crippen LogP contribution in [0.4, 0.5) is 0 Å². The van der Waals surface area contributed by atoms with Gasteiger partial charge in [-0.15, -0.1) is 0 Å². The molecule has 0 aliphatic rings. The van der Waals surface area contributed by atoms with Gasteiger partial charge in [-0.2, -0.15) is 0 Å². The first-order valence-corrected chi connectivity index (χ1v) is 8.35. The molecule has 0 radical (unpaired) electrons. The lowest BCUT2D eigenvalue weighted by molar-refractivity contribution is 0.181. The predicted molar refractivity (Wildman–Crippen MR) is 73.4 cm³/mol. The van der Waals surface area contributed by atoms with Crippen molar-refractivity contribution in [2.75, 3.05) is 19.4 Å². The Kier molecular flexibility index (Phi) is 6.43. The zero-order valence-electron chi connectivity index (χ0n) is 10.8. The Morgan fingerprint density at radius 2 is 1.53 bits per heavy atom. The van der Waals surface area contributed by atoms with E-state index in [1.807, 2.05) is 18.2 Å². The van der Waals surface area contributed by atoms with Crippen molar-refractivity contribution in [1.82, 2.24) is 0 Å². The molecule has 17 heavy (non-hydrogen) atoms. The van der Waals surface area contributed by atoms with E-state index in [0.29, 0.717) is 19.4 Å². The first kappa shape index (κ1) is 14.4. The summed E-state index contributed by atoms with van der Waals surface area (Å²) in [6.45, 7) is 5.62. The lowest BCUT2D eigenvalue weighted by atomic mass is 10.4. The predicted octanol–water partition coefficient (Wildman–Crippen LogP) is 1.69. The fourth-order valence-corrected chi connectivity index (χ4v) is 4.33. The Balaban J connectivity index is 2.89. The van der Waals surface area contributed by atoms with Crippen molar-refractivity contribution in [2.45, 2.75) is 26.7 Å². The second-order valence-electron chi connectivity index (χ2n) is 4.02. The molecule has 1 aromatic rings. The van der Waals surface area contributed by atoms with Gasteiger partial charge in [-0.05, 0) is 18.0 Å². The Labute approximate surface area is 105 Å². The maximum absolute atomic E-state index is 6.01. The summed E-state index contributed by atoms with van der Waals surface area (Å²) in [7, 11) is -2.41. The standard InChI is InChI=1S/C13H23NO2Si/c1-3-10-15-17(12-14,16-11-4-2)13-8-6-5-7-9-13/h5-9H,3-4,10-12,14H2,1-2H3. The van der Waals surface area contributed by atoms with Crippen LogP contribution in [0.5, 0.6) is 0 Å². The van der Waals surface area contributed by atoms with E-state index in [0.717, 1.165) is 18.0 Å². The number of benzene rings is 1. The van der Waals surface area contributed by atoms with Crippen LogP contribution in [0.1, 0.15) is 26.7 Å². The highest BCUT2D eigenvalue weighted by Crippen LogP contribution is 2.08. The summed E-state index contributed by atoms with van der Waals surface area (Å²) in [5.74, 6) is 0. The maximum atomic E-state index is 6.01. The van der Waals surface area contributed by atoms with Crippen LogP contribution in [0.25, 0.3) is 0 Å². The molecular weight excluding hydrogens is 230 g/mol. The fourth-order valence-electron chi connectivity index (χ4n) is 1.67. The van der Waals surface area contributed by atoms with Crippen LogP contribution in [0.3, 0.4) is 0 Å². The van der Waals surface area contributed by atoms with Gasteiger partial charge in [-0.3, -0.25) is 0 Å². The first-order chi connectivity index (χ1) is 8.29. The Morgan fingerprint density at radius 1 is 1.00 bits per heavy atom. The molecule has 0 aliphatic heterocycles. The molecule has 1 rings (SSSR count). The first-order valence-electron chi connectivity index (χ1n) is 6.32. The molecule has 0 fully saturated rings. The third kappa shape index (κ3) is 3.92. The number of nitrogens with two attached hydrogens (primary N) is 1. The normalized spacial score (nSPS) is 11.7. The van der Waals surface area contributed by atoms with Crippen LogP contribution in [0.2, 0.25) is 0 Å². The topological polar surface area (TPSA) is 44.5 Å². The van der Waals surface area contributed by atoms with Gasteiger partial charge in [0.05, 0.1) is 0 Å². The van der Waals surface area contributed by atoms with E-state index in [2.05, 4.69) is 26.0 Å². The van der Waals surface area contributed by atoms with E-state index in [4.69, 9.17) is 14.6 Å². The van der Waals surface area contributed by atoms with Gasteiger partial charge in [0.1, 0.15) is 0 Å². The second kappa shape index (κ2) is 7.61. The summed E-state index contributed by atoms with van der Waals surface area (Å²) in [6, 6.07) is 10.1. The molecule has 0 atom stereocenters. The largest absolute Gasteiger partial charge is 0.390 e. The van der Waals surface area contributed by atoms with Crippen molar-refractivity contribution >= 4 is 13.7 Å². The van der Waals surface area contributed by atoms with Crippen molar-refractivity contribution in [2.24, 2.45) is 5.73 Å². The van der Waals surface area contributed by atoms with Crippen molar-refractivity contribution in [3.63, 3.8) is 0 Å². The van der Waals surface area contributed by atoms with E-state index in [1.54, 1.807) is 0 Å². The average Bonchev–Trinajstić information content (AvgIpc) is 2.41. The van der Waals surface area contributed by atoms with Gasteiger partial charge in [0.15, 0.2) is 0 Å². The zero-order chi connectivity index (χ0) is 12.6. The summed E-state index contributed by atoms with van der Waals surface area (Å²) >= 11 is 0. The van der Waals surface area contributed by atoms with E-state index in [1.165, 1.54) is 0 Å². The Hall–Kier alpha value is -0.683. The van der Waals surface area contributed by atoms with E-state index in [9.17, 15) is 0 Å². The molecule has 3 nitrogen and oxygen atoms in total. The third-order valence-corrected chi connectivity index (χ3v) is 5.65. The van der Waals surface area contributed by atoms with Gasteiger partial charge in [-0.25, -0.2) is 0 Å². The summed E-state index contributed by atoms with van der Waals surface area (Å²) < 4.78 is 12.0. The van der Waals surface area contributed by atoms with Crippen LogP contribution < -0.4 is 10.9 Å². The monoisotopic (exact) mass is 253 g/mol. The molecule has 0 saturated carbocycles. The molecule has 0 bridgehead atoms. The third-order valence-electron chi connectivity index (χ3n) is 2.56. The molecular formula is C13H23NO2Si. The molecule has 1 aromatic carbocycles. The van der Waals surface area contributed by atoms with Gasteiger partial charge < -0.3 is 14.6 Å². The van der Waals surface area contributed by atoms with Crippen molar-refractivity contribution in [3.05, 3.63) is 30.3 Å². The molecule has 96 valence electrons. The lowest BCUT2D eigenvalue weighted by Crippen LogP contribution is -2.60. The minimum absolute atomic E-state index is 0.469. The van der Waals surface area contributed by atoms with Crippen LogP contribution >= 0.6 is 0 Å². The second-order valence-corrected chi connectivity index (χ2v) is 7.09. The summed E-state index contributed by atoms with van der Waals surface area (Å²) in [5.41, 5.74) is 5.93. The molecule has 0 aliphatic carbocycles. The molecule has 0 unspecified atom stereocenters. The minimum atomic E-state index is -2.41. The van der Waals surface area contributed by atoms with E-state index < -0.39 is 8.56 Å². The van der Waals surface area contributed by atoms with Gasteiger partial charge >= 0.3 is 8.56 Å². The van der Waals surface area contributed by atoms with Crippen LogP contribution in [-0.4, -0.2) is 27.9 Å². The smallest absolute Gasteiger partial charge is 0.386 e. The van der Waals surface area contributed by atoms with E-state index in [-0.39, 0.29) is 0 Å². The summed E-state index contributed by atoms with van der Waals surface area (Å²) in [4.78, 5) is 0. The van der Waals surface area contributed by atoms with Crippen molar-refractivity contribution in [3.8, 4) is 0 Å². The summed E-state index contributed by atoms with van der Waals surface area (Å²) in [5, 5.41) is 1.13. The molecule has 0 heterocycles. The SMILES string of the molecule is CCCO[Si](CN)(OCCC)c1ccccc1. The minimum Gasteiger partial charge on any atom is -0.390 e. The maximum Gasteiger partial charge on any atom is 0.386 e. The zero-order valence-corrected chi connectivity index (χ0v) is 11.8. The van der Waals surface area contributed by atoms with E-state index >= 15 is 0 Å². The molecule has 0 aromatic heterocycles. The van der Waals surface area contributed by atoms with Gasteiger partial charge in [0.2, 0.25) is 0 Å². The number of hydrogen-bond acceptors (Lipinski definition) is 3. The average molecular weight is 253 g/mol. The van der Waals surface area contributed by atoms with Crippen LogP contribution in [0, 0.1) is 0 Å². The molecule has 0 spiro atoms. The molecule has 0 amide bonds. The molecule has 4 heteroatoms. The van der Waals surface area contributed by atoms with Crippen molar-refractivity contribution in [1.29, 1.82) is 0 Å². The van der Waals surface area contributed by atoms with Gasteiger partial charge in [0.25, 0.3) is 0 Å². The van der Waals surface area contributed by atoms with Crippen LogP contribution in [0.15, 0.2) is 30.3 Å². The van der Waals surface area contributed by atoms with Gasteiger partial charge in [-0.1, -0.05) is 44.2 Å². The number of rotatable bonds is 8. The highest BCUT2D eigenvalue weighted by Gasteiger charge is 2.38. The van der Waals surface area contributed by atoms with Crippen molar-refractivity contribution < 1.29 is 8.85 Å². The molecule has 2 N–H and O–H groups in total. The number of hydrogen-bond donors (Lipinski definition) is 1. The quantitative estimate of drug-likeness (QED) is 0.717.